The minimum atomic E-state index is -1.83. The smallest absolute Gasteiger partial charge is 0.111 e. The van der Waals surface area contributed by atoms with Gasteiger partial charge in [0.1, 0.15) is 36.6 Å². The Labute approximate surface area is 151 Å². The fraction of sp³-hybridized carbons (Fsp3) is 0.867. The van der Waals surface area contributed by atoms with Crippen molar-refractivity contribution in [3.63, 3.8) is 0 Å². The largest absolute Gasteiger partial charge is 0.394 e. The maximum atomic E-state index is 9.94. The molecule has 0 bridgehead atoms. The molecule has 8 atom stereocenters. The van der Waals surface area contributed by atoms with Gasteiger partial charge in [0, 0.05) is 13.1 Å². The van der Waals surface area contributed by atoms with Gasteiger partial charge in [-0.25, -0.2) is 0 Å². The third kappa shape index (κ3) is 7.78. The minimum absolute atomic E-state index is 0.148. The summed E-state index contributed by atoms with van der Waals surface area (Å²) in [6, 6.07) is 0. The van der Waals surface area contributed by atoms with Gasteiger partial charge in [-0.1, -0.05) is 5.92 Å². The summed E-state index contributed by atoms with van der Waals surface area (Å²) in [4.78, 5) is 1.21. The predicted molar refractivity (Wildman–Crippen MR) is 87.5 cm³/mol. The highest BCUT2D eigenvalue weighted by Crippen LogP contribution is 2.10. The summed E-state index contributed by atoms with van der Waals surface area (Å²) < 4.78 is 0. The van der Waals surface area contributed by atoms with E-state index in [1.54, 1.807) is 0 Å². The Morgan fingerprint density at radius 1 is 0.615 bits per heavy atom. The molecule has 11 nitrogen and oxygen atoms in total. The number of rotatable bonds is 13. The Hall–Kier alpha value is -0.880. The van der Waals surface area contributed by atoms with E-state index in [4.69, 9.17) is 16.6 Å². The van der Waals surface area contributed by atoms with Crippen molar-refractivity contribution in [2.24, 2.45) is 0 Å². The van der Waals surface area contributed by atoms with Gasteiger partial charge in [-0.05, 0) is 0 Å². The molecule has 0 aliphatic rings. The molecule has 154 valence electrons. The zero-order valence-corrected chi connectivity index (χ0v) is 14.2. The van der Waals surface area contributed by atoms with Gasteiger partial charge in [-0.15, -0.1) is 6.42 Å². The Kier molecular flexibility index (Phi) is 12.1. The Morgan fingerprint density at radius 3 is 1.19 bits per heavy atom. The molecule has 26 heavy (non-hydrogen) atoms. The van der Waals surface area contributed by atoms with Crippen LogP contribution in [0.5, 0.6) is 0 Å². The number of aliphatic hydroxyl groups excluding tert-OH is 10. The second-order valence-electron chi connectivity index (χ2n) is 6.00. The zero-order chi connectivity index (χ0) is 20.4. The van der Waals surface area contributed by atoms with Crippen LogP contribution in [0.15, 0.2) is 0 Å². The van der Waals surface area contributed by atoms with Crippen LogP contribution in [0.25, 0.3) is 0 Å². The fourth-order valence-electron chi connectivity index (χ4n) is 2.20. The molecule has 0 aromatic heterocycles. The fourth-order valence-corrected chi connectivity index (χ4v) is 2.20. The Balaban J connectivity index is 4.85. The van der Waals surface area contributed by atoms with Crippen LogP contribution in [0.1, 0.15) is 0 Å². The van der Waals surface area contributed by atoms with Crippen LogP contribution in [0.3, 0.4) is 0 Å². The van der Waals surface area contributed by atoms with Crippen LogP contribution in [0.4, 0.5) is 0 Å². The van der Waals surface area contributed by atoms with Gasteiger partial charge in [-0.3, -0.25) is 4.90 Å². The maximum Gasteiger partial charge on any atom is 0.111 e. The number of aliphatic hydroxyl groups is 10. The summed E-state index contributed by atoms with van der Waals surface area (Å²) in [5.41, 5.74) is 0. The lowest BCUT2D eigenvalue weighted by Crippen LogP contribution is -2.53. The molecule has 2 unspecified atom stereocenters. The summed E-state index contributed by atoms with van der Waals surface area (Å²) in [6.07, 6.45) is -8.77. The van der Waals surface area contributed by atoms with E-state index in [0.717, 1.165) is 0 Å². The molecule has 0 saturated carbocycles. The lowest BCUT2D eigenvalue weighted by Gasteiger charge is -2.32. The van der Waals surface area contributed by atoms with Crippen molar-refractivity contribution in [2.45, 2.75) is 48.8 Å². The zero-order valence-electron chi connectivity index (χ0n) is 14.2. The van der Waals surface area contributed by atoms with Gasteiger partial charge in [0.05, 0.1) is 32.0 Å². The molecular weight excluding hydrogens is 354 g/mol. The van der Waals surface area contributed by atoms with Crippen LogP contribution in [-0.4, -0.2) is 138 Å². The van der Waals surface area contributed by atoms with E-state index < -0.39 is 62.0 Å². The minimum Gasteiger partial charge on any atom is -0.394 e. The van der Waals surface area contributed by atoms with Crippen LogP contribution in [0, 0.1) is 12.3 Å². The summed E-state index contributed by atoms with van der Waals surface area (Å²) in [5, 5.41) is 94.6. The van der Waals surface area contributed by atoms with E-state index >= 15 is 0 Å². The highest BCUT2D eigenvalue weighted by atomic mass is 16.4. The van der Waals surface area contributed by atoms with E-state index in [0.29, 0.717) is 0 Å². The van der Waals surface area contributed by atoms with Crippen molar-refractivity contribution in [3.8, 4) is 12.3 Å². The van der Waals surface area contributed by atoms with E-state index in [1.807, 2.05) is 0 Å². The lowest BCUT2D eigenvalue weighted by molar-refractivity contribution is -0.129. The molecular formula is C15H29NO10. The number of terminal acetylenes is 1. The van der Waals surface area contributed by atoms with Gasteiger partial charge in [0.25, 0.3) is 0 Å². The molecule has 10 N–H and O–H groups in total. The third-order valence-corrected chi connectivity index (χ3v) is 3.86. The van der Waals surface area contributed by atoms with Gasteiger partial charge >= 0.3 is 0 Å². The van der Waals surface area contributed by atoms with E-state index in [-0.39, 0.29) is 19.6 Å². The molecule has 11 heteroatoms. The SMILES string of the molecule is C#CCN(C[C@H](O)C(O)C(O)[C@H](O)CO)C[C@H](O)[C@@H](O)[C@H](O)[C@H](O)CO. The maximum absolute atomic E-state index is 9.94. The molecule has 0 fully saturated rings. The first-order valence-electron chi connectivity index (χ1n) is 7.92. The molecule has 0 rings (SSSR count). The first-order chi connectivity index (χ1) is 12.1. The summed E-state index contributed by atoms with van der Waals surface area (Å²) in [6.45, 7) is -2.60. The highest BCUT2D eigenvalue weighted by Gasteiger charge is 2.34. The second-order valence-corrected chi connectivity index (χ2v) is 6.00. The average Bonchev–Trinajstić information content (AvgIpc) is 2.63. The molecule has 0 spiro atoms. The van der Waals surface area contributed by atoms with Crippen LogP contribution in [0.2, 0.25) is 0 Å². The monoisotopic (exact) mass is 383 g/mol. The van der Waals surface area contributed by atoms with Crippen molar-refractivity contribution < 1.29 is 51.1 Å². The molecule has 0 radical (unpaired) electrons. The summed E-state index contributed by atoms with van der Waals surface area (Å²) in [5.74, 6) is 2.22. The van der Waals surface area contributed by atoms with Crippen LogP contribution < -0.4 is 0 Å². The van der Waals surface area contributed by atoms with E-state index in [1.165, 1.54) is 4.90 Å². The van der Waals surface area contributed by atoms with E-state index in [9.17, 15) is 40.9 Å². The first-order valence-corrected chi connectivity index (χ1v) is 7.92. The lowest BCUT2D eigenvalue weighted by atomic mass is 10.0. The Morgan fingerprint density at radius 2 is 0.923 bits per heavy atom. The van der Waals surface area contributed by atoms with Crippen LogP contribution in [-0.2, 0) is 0 Å². The number of hydrogen-bond donors (Lipinski definition) is 10. The van der Waals surface area contributed by atoms with Gasteiger partial charge < -0.3 is 51.1 Å². The quantitative estimate of drug-likeness (QED) is 0.135. The molecule has 0 aliphatic heterocycles. The van der Waals surface area contributed by atoms with Crippen molar-refractivity contribution in [1.29, 1.82) is 0 Å². The van der Waals surface area contributed by atoms with E-state index in [2.05, 4.69) is 5.92 Å². The van der Waals surface area contributed by atoms with Crippen LogP contribution >= 0.6 is 0 Å². The van der Waals surface area contributed by atoms with Gasteiger partial charge in [-0.2, -0.15) is 0 Å². The van der Waals surface area contributed by atoms with Crippen molar-refractivity contribution in [3.05, 3.63) is 0 Å². The normalized spacial score (nSPS) is 21.3. The average molecular weight is 383 g/mol. The number of hydrogen-bond acceptors (Lipinski definition) is 11. The highest BCUT2D eigenvalue weighted by molar-refractivity contribution is 4.92. The molecule has 0 heterocycles. The van der Waals surface area contributed by atoms with Crippen molar-refractivity contribution in [1.82, 2.24) is 4.90 Å². The topological polar surface area (TPSA) is 206 Å². The standard InChI is InChI=1S/C15H29NO10/c1-2-3-16(4-8(19)12(23)14(25)10(21)6-17)5-9(20)13(24)15(26)11(22)7-18/h1,8-15,17-26H,3-7H2/t8-,9-,10+,11+,12+,13?,14+,15?/m0/s1. The molecule has 0 aromatic rings. The molecule has 0 amide bonds. The van der Waals surface area contributed by atoms with Crippen molar-refractivity contribution >= 4 is 0 Å². The number of nitrogens with zero attached hydrogens (tertiary/aromatic N) is 1. The summed E-state index contributed by atoms with van der Waals surface area (Å²) >= 11 is 0. The molecule has 0 saturated heterocycles. The molecule has 0 aromatic carbocycles. The van der Waals surface area contributed by atoms with Gasteiger partial charge in [0.15, 0.2) is 0 Å². The second kappa shape index (κ2) is 12.5. The molecule has 0 aliphatic carbocycles. The Bertz CT molecular complexity index is 390. The van der Waals surface area contributed by atoms with Gasteiger partial charge in [0.2, 0.25) is 0 Å². The summed E-state index contributed by atoms with van der Waals surface area (Å²) in [7, 11) is 0. The third-order valence-electron chi connectivity index (χ3n) is 3.86. The van der Waals surface area contributed by atoms with Crippen molar-refractivity contribution in [2.75, 3.05) is 32.8 Å². The first kappa shape index (κ1) is 25.1. The predicted octanol–water partition coefficient (Wildman–Crippen LogP) is -6.21.